The van der Waals surface area contributed by atoms with Crippen LogP contribution >= 0.6 is 0 Å². The first-order valence-electron chi connectivity index (χ1n) is 5.99. The fourth-order valence-corrected chi connectivity index (χ4v) is 2.52. The predicted octanol–water partition coefficient (Wildman–Crippen LogP) is 2.08. The lowest BCUT2D eigenvalue weighted by Gasteiger charge is -2.31. The lowest BCUT2D eigenvalue weighted by atomic mass is 9.86. The maximum absolute atomic E-state index is 5.42. The van der Waals surface area contributed by atoms with E-state index in [4.69, 9.17) is 4.74 Å². The second kappa shape index (κ2) is 5.41. The Hall–Kier alpha value is -0.930. The van der Waals surface area contributed by atoms with Crippen LogP contribution in [-0.2, 0) is 4.74 Å². The van der Waals surface area contributed by atoms with Crippen molar-refractivity contribution in [2.24, 2.45) is 5.92 Å². The smallest absolute Gasteiger partial charge is 0.0469 e. The molecule has 0 bridgehead atoms. The monoisotopic (exact) mass is 220 g/mol. The number of hydrogen-bond donors (Lipinski definition) is 1. The Balaban J connectivity index is 2.18. The summed E-state index contributed by atoms with van der Waals surface area (Å²) in [6, 6.07) is 4.61. The minimum atomic E-state index is 0.414. The third-order valence-electron chi connectivity index (χ3n) is 3.43. The Morgan fingerprint density at radius 3 is 2.81 bits per heavy atom. The highest BCUT2D eigenvalue weighted by molar-refractivity contribution is 5.23. The van der Waals surface area contributed by atoms with Gasteiger partial charge < -0.3 is 10.1 Å². The number of aryl methyl sites for hydroxylation is 1. The third-order valence-corrected chi connectivity index (χ3v) is 3.43. The van der Waals surface area contributed by atoms with Crippen molar-refractivity contribution in [1.29, 1.82) is 0 Å². The zero-order chi connectivity index (χ0) is 11.4. The highest BCUT2D eigenvalue weighted by Crippen LogP contribution is 2.30. The lowest BCUT2D eigenvalue weighted by molar-refractivity contribution is 0.0545. The molecule has 0 saturated carbocycles. The molecule has 88 valence electrons. The van der Waals surface area contributed by atoms with Crippen molar-refractivity contribution in [3.05, 3.63) is 29.6 Å². The lowest BCUT2D eigenvalue weighted by Crippen LogP contribution is -2.30. The molecule has 1 aromatic rings. The SMILES string of the molecule is CNC(c1cccnc1C)C1CCOCC1. The summed E-state index contributed by atoms with van der Waals surface area (Å²) in [5.41, 5.74) is 2.46. The van der Waals surface area contributed by atoms with Crippen LogP contribution in [0.3, 0.4) is 0 Å². The van der Waals surface area contributed by atoms with Gasteiger partial charge >= 0.3 is 0 Å². The molecule has 3 heteroatoms. The maximum atomic E-state index is 5.42. The Morgan fingerprint density at radius 2 is 2.19 bits per heavy atom. The Morgan fingerprint density at radius 1 is 1.44 bits per heavy atom. The molecular weight excluding hydrogens is 200 g/mol. The summed E-state index contributed by atoms with van der Waals surface area (Å²) in [7, 11) is 2.03. The van der Waals surface area contributed by atoms with Gasteiger partial charge in [0.15, 0.2) is 0 Å². The fraction of sp³-hybridized carbons (Fsp3) is 0.615. The first-order chi connectivity index (χ1) is 7.83. The number of rotatable bonds is 3. The first kappa shape index (κ1) is 11.6. The molecule has 0 aromatic carbocycles. The van der Waals surface area contributed by atoms with E-state index in [1.165, 1.54) is 5.56 Å². The maximum Gasteiger partial charge on any atom is 0.0469 e. The highest BCUT2D eigenvalue weighted by atomic mass is 16.5. The fourth-order valence-electron chi connectivity index (χ4n) is 2.52. The summed E-state index contributed by atoms with van der Waals surface area (Å²) in [5, 5.41) is 3.43. The molecular formula is C13H20N2O. The molecule has 0 spiro atoms. The van der Waals surface area contributed by atoms with Gasteiger partial charge in [-0.1, -0.05) is 6.07 Å². The molecule has 1 atom stereocenters. The van der Waals surface area contributed by atoms with Crippen LogP contribution in [0.4, 0.5) is 0 Å². The molecule has 3 nitrogen and oxygen atoms in total. The van der Waals surface area contributed by atoms with Gasteiger partial charge in [-0.05, 0) is 44.4 Å². The molecule has 16 heavy (non-hydrogen) atoms. The summed E-state index contributed by atoms with van der Waals surface area (Å²) in [6.07, 6.45) is 4.13. The molecule has 1 aliphatic heterocycles. The van der Waals surface area contributed by atoms with Crippen molar-refractivity contribution in [3.8, 4) is 0 Å². The molecule has 0 radical (unpaired) electrons. The Bertz CT molecular complexity index is 334. The summed E-state index contributed by atoms with van der Waals surface area (Å²) >= 11 is 0. The van der Waals surface area contributed by atoms with Gasteiger partial charge in [0.05, 0.1) is 0 Å². The van der Waals surface area contributed by atoms with Crippen molar-refractivity contribution in [1.82, 2.24) is 10.3 Å². The van der Waals surface area contributed by atoms with Crippen LogP contribution < -0.4 is 5.32 Å². The third kappa shape index (κ3) is 2.42. The molecule has 2 heterocycles. The largest absolute Gasteiger partial charge is 0.381 e. The van der Waals surface area contributed by atoms with Crippen molar-refractivity contribution >= 4 is 0 Å². The number of hydrogen-bond acceptors (Lipinski definition) is 3. The normalized spacial score (nSPS) is 19.6. The molecule has 1 aromatic heterocycles. The van der Waals surface area contributed by atoms with Crippen LogP contribution in [0.2, 0.25) is 0 Å². The quantitative estimate of drug-likeness (QED) is 0.847. The van der Waals surface area contributed by atoms with E-state index in [9.17, 15) is 0 Å². The minimum absolute atomic E-state index is 0.414. The van der Waals surface area contributed by atoms with E-state index in [0.29, 0.717) is 12.0 Å². The van der Waals surface area contributed by atoms with E-state index < -0.39 is 0 Å². The topological polar surface area (TPSA) is 34.2 Å². The molecule has 0 aliphatic carbocycles. The van der Waals surface area contributed by atoms with Crippen molar-refractivity contribution in [3.63, 3.8) is 0 Å². The summed E-state index contributed by atoms with van der Waals surface area (Å²) in [6.45, 7) is 3.86. The van der Waals surface area contributed by atoms with Crippen molar-refractivity contribution in [2.75, 3.05) is 20.3 Å². The number of aromatic nitrogens is 1. The second-order valence-electron chi connectivity index (χ2n) is 4.39. The number of nitrogens with one attached hydrogen (secondary N) is 1. The molecule has 1 fully saturated rings. The van der Waals surface area contributed by atoms with Gasteiger partial charge in [-0.15, -0.1) is 0 Å². The Kier molecular flexibility index (Phi) is 3.91. The van der Waals surface area contributed by atoms with Crippen LogP contribution in [-0.4, -0.2) is 25.2 Å². The molecule has 1 aliphatic rings. The molecule has 2 rings (SSSR count). The van der Waals surface area contributed by atoms with E-state index in [1.54, 1.807) is 0 Å². The molecule has 1 N–H and O–H groups in total. The standard InChI is InChI=1S/C13H20N2O/c1-10-12(4-3-7-15-10)13(14-2)11-5-8-16-9-6-11/h3-4,7,11,13-14H,5-6,8-9H2,1-2H3. The van der Waals surface area contributed by atoms with Crippen LogP contribution in [0.15, 0.2) is 18.3 Å². The van der Waals surface area contributed by atoms with E-state index in [0.717, 1.165) is 31.7 Å². The predicted molar refractivity (Wildman–Crippen MR) is 64.3 cm³/mol. The average Bonchev–Trinajstić information content (AvgIpc) is 2.34. The van der Waals surface area contributed by atoms with E-state index in [1.807, 2.05) is 19.3 Å². The molecule has 1 unspecified atom stereocenters. The van der Waals surface area contributed by atoms with Gasteiger partial charge in [-0.3, -0.25) is 4.98 Å². The zero-order valence-corrected chi connectivity index (χ0v) is 10.1. The van der Waals surface area contributed by atoms with Gasteiger partial charge in [0.1, 0.15) is 0 Å². The summed E-state index contributed by atoms with van der Waals surface area (Å²) in [4.78, 5) is 4.37. The van der Waals surface area contributed by atoms with Gasteiger partial charge in [0.2, 0.25) is 0 Å². The van der Waals surface area contributed by atoms with E-state index in [-0.39, 0.29) is 0 Å². The van der Waals surface area contributed by atoms with Crippen LogP contribution in [0, 0.1) is 12.8 Å². The molecule has 1 saturated heterocycles. The number of pyridine rings is 1. The van der Waals surface area contributed by atoms with Crippen LogP contribution in [0.25, 0.3) is 0 Å². The van der Waals surface area contributed by atoms with Gasteiger partial charge in [-0.2, -0.15) is 0 Å². The number of nitrogens with zero attached hydrogens (tertiary/aromatic N) is 1. The van der Waals surface area contributed by atoms with Crippen molar-refractivity contribution < 1.29 is 4.74 Å². The van der Waals surface area contributed by atoms with E-state index in [2.05, 4.69) is 23.3 Å². The Labute approximate surface area is 97.2 Å². The van der Waals surface area contributed by atoms with Crippen molar-refractivity contribution in [2.45, 2.75) is 25.8 Å². The second-order valence-corrected chi connectivity index (χ2v) is 4.39. The summed E-state index contributed by atoms with van der Waals surface area (Å²) < 4.78 is 5.42. The van der Waals surface area contributed by atoms with Crippen LogP contribution in [0.1, 0.15) is 30.1 Å². The number of ether oxygens (including phenoxy) is 1. The highest BCUT2D eigenvalue weighted by Gasteiger charge is 2.25. The van der Waals surface area contributed by atoms with E-state index >= 15 is 0 Å². The van der Waals surface area contributed by atoms with Gasteiger partial charge in [-0.25, -0.2) is 0 Å². The first-order valence-corrected chi connectivity index (χ1v) is 5.99. The average molecular weight is 220 g/mol. The zero-order valence-electron chi connectivity index (χ0n) is 10.1. The van der Waals surface area contributed by atoms with Crippen LogP contribution in [0.5, 0.6) is 0 Å². The summed E-state index contributed by atoms with van der Waals surface area (Å²) in [5.74, 6) is 0.668. The molecule has 0 amide bonds. The minimum Gasteiger partial charge on any atom is -0.381 e. The van der Waals surface area contributed by atoms with Gasteiger partial charge in [0, 0.05) is 31.1 Å². The van der Waals surface area contributed by atoms with Gasteiger partial charge in [0.25, 0.3) is 0 Å².